The van der Waals surface area contributed by atoms with E-state index in [1.807, 2.05) is 0 Å². The molecule has 0 fully saturated rings. The Morgan fingerprint density at radius 2 is 1.89 bits per heavy atom. The van der Waals surface area contributed by atoms with Gasteiger partial charge in [-0.3, -0.25) is 0 Å². The summed E-state index contributed by atoms with van der Waals surface area (Å²) in [6.07, 6.45) is -2.33. The van der Waals surface area contributed by atoms with Crippen LogP contribution in [-0.4, -0.2) is 44.2 Å². The van der Waals surface area contributed by atoms with E-state index >= 15 is 0 Å². The summed E-state index contributed by atoms with van der Waals surface area (Å²) in [5.74, 6) is -0.120. The van der Waals surface area contributed by atoms with Crippen molar-refractivity contribution in [3.8, 4) is 11.5 Å². The van der Waals surface area contributed by atoms with E-state index in [9.17, 15) is 13.6 Å². The summed E-state index contributed by atoms with van der Waals surface area (Å²) in [4.78, 5) is 11.1. The van der Waals surface area contributed by atoms with Gasteiger partial charge in [0, 0.05) is 6.42 Å². The van der Waals surface area contributed by atoms with Crippen molar-refractivity contribution in [1.29, 1.82) is 0 Å². The van der Waals surface area contributed by atoms with E-state index in [0.717, 1.165) is 0 Å². The average molecular weight is 380 g/mol. The molecular formula is C20H22F2O5. The van der Waals surface area contributed by atoms with E-state index < -0.39 is 24.9 Å². The van der Waals surface area contributed by atoms with Gasteiger partial charge in [0.2, 0.25) is 0 Å². The highest BCUT2D eigenvalue weighted by Gasteiger charge is 2.18. The monoisotopic (exact) mass is 380 g/mol. The van der Waals surface area contributed by atoms with Gasteiger partial charge >= 0.3 is 5.97 Å². The Bertz CT molecular complexity index is 721. The summed E-state index contributed by atoms with van der Waals surface area (Å²) >= 11 is 0. The molecule has 0 saturated carbocycles. The Hall–Kier alpha value is -2.67. The molecule has 2 unspecified atom stereocenters. The largest absolute Gasteiger partial charge is 0.497 e. The lowest BCUT2D eigenvalue weighted by Gasteiger charge is -2.14. The lowest BCUT2D eigenvalue weighted by Crippen LogP contribution is -2.27. The molecule has 2 atom stereocenters. The second kappa shape index (κ2) is 10.5. The first kappa shape index (κ1) is 20.6. The SMILES string of the molecule is COc1cccc(C(F)COc2ccc(CC(OCCF)C(=O)O)cc2)c1. The number of carbonyl (C=O) groups is 1. The number of alkyl halides is 2. The highest BCUT2D eigenvalue weighted by atomic mass is 19.1. The molecular weight excluding hydrogens is 358 g/mol. The highest BCUT2D eigenvalue weighted by molar-refractivity contribution is 5.72. The zero-order chi connectivity index (χ0) is 19.6. The van der Waals surface area contributed by atoms with Crippen LogP contribution in [0.2, 0.25) is 0 Å². The maximum atomic E-state index is 14.3. The Kier molecular flexibility index (Phi) is 8.00. The first-order chi connectivity index (χ1) is 13.0. The van der Waals surface area contributed by atoms with E-state index in [1.54, 1.807) is 48.5 Å². The highest BCUT2D eigenvalue weighted by Crippen LogP contribution is 2.23. The number of rotatable bonds is 11. The molecule has 0 amide bonds. The molecule has 2 aromatic carbocycles. The topological polar surface area (TPSA) is 65.0 Å². The predicted octanol–water partition coefficient (Wildman–Crippen LogP) is 3.77. The van der Waals surface area contributed by atoms with Crippen LogP contribution >= 0.6 is 0 Å². The Labute approximate surface area is 156 Å². The zero-order valence-electron chi connectivity index (χ0n) is 14.9. The van der Waals surface area contributed by atoms with Crippen molar-refractivity contribution in [3.05, 3.63) is 59.7 Å². The Morgan fingerprint density at radius 1 is 1.15 bits per heavy atom. The number of aliphatic carboxylic acids is 1. The minimum atomic E-state index is -1.31. The Balaban J connectivity index is 1.90. The van der Waals surface area contributed by atoms with Crippen LogP contribution in [0.15, 0.2) is 48.5 Å². The fourth-order valence-electron chi connectivity index (χ4n) is 2.44. The van der Waals surface area contributed by atoms with Crippen LogP contribution in [0, 0.1) is 0 Å². The van der Waals surface area contributed by atoms with E-state index in [-0.39, 0.29) is 19.6 Å². The van der Waals surface area contributed by atoms with Gasteiger partial charge < -0.3 is 19.3 Å². The molecule has 146 valence electrons. The average Bonchev–Trinajstić information content (AvgIpc) is 2.70. The zero-order valence-corrected chi connectivity index (χ0v) is 14.9. The molecule has 2 aromatic rings. The van der Waals surface area contributed by atoms with E-state index in [0.29, 0.717) is 22.6 Å². The molecule has 2 rings (SSSR count). The van der Waals surface area contributed by atoms with Gasteiger partial charge in [0.1, 0.15) is 24.8 Å². The van der Waals surface area contributed by atoms with Crippen molar-refractivity contribution in [3.63, 3.8) is 0 Å². The van der Waals surface area contributed by atoms with Crippen LogP contribution in [-0.2, 0) is 16.0 Å². The molecule has 0 aliphatic rings. The summed E-state index contributed by atoms with van der Waals surface area (Å²) < 4.78 is 42.0. The van der Waals surface area contributed by atoms with Crippen LogP contribution in [0.1, 0.15) is 17.3 Å². The molecule has 0 saturated heterocycles. The lowest BCUT2D eigenvalue weighted by atomic mass is 10.1. The van der Waals surface area contributed by atoms with E-state index in [4.69, 9.17) is 19.3 Å². The number of carboxylic acid groups (broad SMARTS) is 1. The van der Waals surface area contributed by atoms with Gasteiger partial charge in [-0.25, -0.2) is 13.6 Å². The van der Waals surface area contributed by atoms with Gasteiger partial charge in [-0.15, -0.1) is 0 Å². The number of hydrogen-bond acceptors (Lipinski definition) is 4. The molecule has 7 heteroatoms. The summed E-state index contributed by atoms with van der Waals surface area (Å²) in [5.41, 5.74) is 1.15. The van der Waals surface area contributed by atoms with Gasteiger partial charge in [-0.1, -0.05) is 24.3 Å². The molecule has 0 aliphatic heterocycles. The molecule has 0 spiro atoms. The molecule has 0 heterocycles. The van der Waals surface area contributed by atoms with Gasteiger partial charge in [0.25, 0.3) is 0 Å². The molecule has 0 radical (unpaired) electrons. The van der Waals surface area contributed by atoms with Crippen LogP contribution in [0.3, 0.4) is 0 Å². The van der Waals surface area contributed by atoms with Gasteiger partial charge in [0.15, 0.2) is 12.3 Å². The summed E-state index contributed by atoms with van der Waals surface area (Å²) in [5, 5.41) is 9.08. The first-order valence-corrected chi connectivity index (χ1v) is 8.43. The van der Waals surface area contributed by atoms with Crippen LogP contribution in [0.5, 0.6) is 11.5 Å². The third-order valence-electron chi connectivity index (χ3n) is 3.87. The van der Waals surface area contributed by atoms with Crippen molar-refractivity contribution in [2.45, 2.75) is 18.7 Å². The number of methoxy groups -OCH3 is 1. The van der Waals surface area contributed by atoms with Gasteiger partial charge in [-0.2, -0.15) is 0 Å². The number of halogens is 2. The van der Waals surface area contributed by atoms with E-state index in [1.165, 1.54) is 7.11 Å². The fraction of sp³-hybridized carbons (Fsp3) is 0.350. The molecule has 27 heavy (non-hydrogen) atoms. The molecule has 1 N–H and O–H groups in total. The normalized spacial score (nSPS) is 13.0. The number of benzene rings is 2. The summed E-state index contributed by atoms with van der Waals surface area (Å²) in [6, 6.07) is 13.3. The fourth-order valence-corrected chi connectivity index (χ4v) is 2.44. The van der Waals surface area contributed by atoms with Crippen LogP contribution in [0.4, 0.5) is 8.78 Å². The Morgan fingerprint density at radius 3 is 2.52 bits per heavy atom. The van der Waals surface area contributed by atoms with E-state index in [2.05, 4.69) is 0 Å². The molecule has 5 nitrogen and oxygen atoms in total. The second-order valence-corrected chi connectivity index (χ2v) is 5.79. The minimum absolute atomic E-state index is 0.102. The van der Waals surface area contributed by atoms with Crippen molar-refractivity contribution in [2.24, 2.45) is 0 Å². The molecule has 0 aromatic heterocycles. The smallest absolute Gasteiger partial charge is 0.333 e. The van der Waals surface area contributed by atoms with Crippen molar-refractivity contribution in [2.75, 3.05) is 27.0 Å². The quantitative estimate of drug-likeness (QED) is 0.643. The van der Waals surface area contributed by atoms with Crippen molar-refractivity contribution < 1.29 is 32.9 Å². The van der Waals surface area contributed by atoms with Gasteiger partial charge in [-0.05, 0) is 35.4 Å². The standard InChI is InChI=1S/C20H22F2O5/c1-25-17-4-2-3-15(12-17)18(22)13-27-16-7-5-14(6-8-16)11-19(20(23)24)26-10-9-21/h2-8,12,18-19H,9-11,13H2,1H3,(H,23,24). The maximum absolute atomic E-state index is 14.3. The van der Waals surface area contributed by atoms with Crippen molar-refractivity contribution >= 4 is 5.97 Å². The minimum Gasteiger partial charge on any atom is -0.497 e. The van der Waals surface area contributed by atoms with Crippen LogP contribution in [0.25, 0.3) is 0 Å². The third kappa shape index (κ3) is 6.53. The number of hydrogen-bond donors (Lipinski definition) is 1. The van der Waals surface area contributed by atoms with Gasteiger partial charge in [0.05, 0.1) is 13.7 Å². The number of carboxylic acids is 1. The molecule has 0 bridgehead atoms. The van der Waals surface area contributed by atoms with Crippen LogP contribution < -0.4 is 9.47 Å². The predicted molar refractivity (Wildman–Crippen MR) is 95.8 cm³/mol. The summed E-state index contributed by atoms with van der Waals surface area (Å²) in [7, 11) is 1.52. The number of ether oxygens (including phenoxy) is 3. The molecule has 0 aliphatic carbocycles. The van der Waals surface area contributed by atoms with Crippen molar-refractivity contribution in [1.82, 2.24) is 0 Å². The third-order valence-corrected chi connectivity index (χ3v) is 3.87. The lowest BCUT2D eigenvalue weighted by molar-refractivity contribution is -0.150. The maximum Gasteiger partial charge on any atom is 0.333 e. The summed E-state index contributed by atoms with van der Waals surface area (Å²) in [6.45, 7) is -1.17. The second-order valence-electron chi connectivity index (χ2n) is 5.79. The first-order valence-electron chi connectivity index (χ1n) is 8.43.